The van der Waals surface area contributed by atoms with Crippen LogP contribution in [-0.4, -0.2) is 21.3 Å². The standard InChI is InChI=1S/C12H22N4/c1-5-12(7-6-8-13-12)11-15-14-10(4)16(11)9(2)3/h9,13H,5-8H2,1-4H3. The molecule has 90 valence electrons. The lowest BCUT2D eigenvalue weighted by Gasteiger charge is -2.29. The summed E-state index contributed by atoms with van der Waals surface area (Å²) in [7, 11) is 0. The molecule has 1 fully saturated rings. The first kappa shape index (κ1) is 11.6. The van der Waals surface area contributed by atoms with E-state index in [2.05, 4.69) is 40.9 Å². The highest BCUT2D eigenvalue weighted by Gasteiger charge is 2.38. The third-order valence-corrected chi connectivity index (χ3v) is 3.66. The molecular weight excluding hydrogens is 200 g/mol. The van der Waals surface area contributed by atoms with Crippen molar-refractivity contribution in [3.63, 3.8) is 0 Å². The molecule has 0 amide bonds. The summed E-state index contributed by atoms with van der Waals surface area (Å²) < 4.78 is 2.27. The Morgan fingerprint density at radius 1 is 1.44 bits per heavy atom. The van der Waals surface area contributed by atoms with Crippen LogP contribution in [-0.2, 0) is 5.54 Å². The van der Waals surface area contributed by atoms with Crippen LogP contribution in [0.25, 0.3) is 0 Å². The molecule has 0 bridgehead atoms. The monoisotopic (exact) mass is 222 g/mol. The Balaban J connectivity index is 2.46. The fourth-order valence-electron chi connectivity index (χ4n) is 2.77. The van der Waals surface area contributed by atoms with Gasteiger partial charge in [0, 0.05) is 6.04 Å². The summed E-state index contributed by atoms with van der Waals surface area (Å²) in [5, 5.41) is 12.3. The Hall–Kier alpha value is -0.900. The van der Waals surface area contributed by atoms with Crippen molar-refractivity contribution in [1.82, 2.24) is 20.1 Å². The maximum Gasteiger partial charge on any atom is 0.153 e. The van der Waals surface area contributed by atoms with Gasteiger partial charge in [0.2, 0.25) is 0 Å². The molecule has 0 radical (unpaired) electrons. The van der Waals surface area contributed by atoms with E-state index in [4.69, 9.17) is 0 Å². The van der Waals surface area contributed by atoms with Crippen LogP contribution in [0.2, 0.25) is 0 Å². The number of rotatable bonds is 3. The second-order valence-corrected chi connectivity index (χ2v) is 5.00. The van der Waals surface area contributed by atoms with Gasteiger partial charge in [-0.1, -0.05) is 6.92 Å². The van der Waals surface area contributed by atoms with E-state index in [1.807, 2.05) is 6.92 Å². The van der Waals surface area contributed by atoms with E-state index >= 15 is 0 Å². The molecule has 1 N–H and O–H groups in total. The van der Waals surface area contributed by atoms with Gasteiger partial charge in [0.25, 0.3) is 0 Å². The Bertz CT molecular complexity index is 361. The van der Waals surface area contributed by atoms with Crippen LogP contribution in [0, 0.1) is 6.92 Å². The summed E-state index contributed by atoms with van der Waals surface area (Å²) >= 11 is 0. The predicted octanol–water partition coefficient (Wildman–Crippen LogP) is 2.16. The van der Waals surface area contributed by atoms with E-state index < -0.39 is 0 Å². The summed E-state index contributed by atoms with van der Waals surface area (Å²) in [5.41, 5.74) is 0.0610. The Labute approximate surface area is 97.5 Å². The molecule has 0 spiro atoms. The lowest BCUT2D eigenvalue weighted by Crippen LogP contribution is -2.39. The van der Waals surface area contributed by atoms with E-state index in [1.165, 1.54) is 12.8 Å². The molecule has 2 rings (SSSR count). The number of hydrogen-bond donors (Lipinski definition) is 1. The number of nitrogens with zero attached hydrogens (tertiary/aromatic N) is 3. The number of nitrogens with one attached hydrogen (secondary N) is 1. The van der Waals surface area contributed by atoms with Crippen molar-refractivity contribution in [3.05, 3.63) is 11.6 Å². The number of aryl methyl sites for hydroxylation is 1. The summed E-state index contributed by atoms with van der Waals surface area (Å²) in [6, 6.07) is 0.427. The number of hydrogen-bond acceptors (Lipinski definition) is 3. The topological polar surface area (TPSA) is 42.7 Å². The molecular formula is C12H22N4. The smallest absolute Gasteiger partial charge is 0.153 e. The van der Waals surface area contributed by atoms with Crippen LogP contribution in [0.1, 0.15) is 57.7 Å². The summed E-state index contributed by atoms with van der Waals surface area (Å²) in [5.74, 6) is 2.14. The first-order valence-electron chi connectivity index (χ1n) is 6.28. The maximum atomic E-state index is 4.41. The minimum absolute atomic E-state index is 0.0610. The minimum atomic E-state index is 0.0610. The molecule has 16 heavy (non-hydrogen) atoms. The molecule has 0 saturated carbocycles. The molecule has 1 aromatic heterocycles. The fourth-order valence-corrected chi connectivity index (χ4v) is 2.77. The molecule has 2 heterocycles. The van der Waals surface area contributed by atoms with Crippen molar-refractivity contribution in [2.45, 2.75) is 58.5 Å². The first-order chi connectivity index (χ1) is 7.60. The zero-order valence-corrected chi connectivity index (χ0v) is 10.7. The Kier molecular flexibility index (Phi) is 3.02. The molecule has 1 aromatic rings. The van der Waals surface area contributed by atoms with Crippen molar-refractivity contribution in [2.75, 3.05) is 6.54 Å². The van der Waals surface area contributed by atoms with Crippen LogP contribution in [0.5, 0.6) is 0 Å². The molecule has 0 aliphatic carbocycles. The molecule has 1 aliphatic rings. The molecule has 1 aliphatic heterocycles. The third-order valence-electron chi connectivity index (χ3n) is 3.66. The van der Waals surface area contributed by atoms with Gasteiger partial charge in [-0.3, -0.25) is 0 Å². The lowest BCUT2D eigenvalue weighted by atomic mass is 9.93. The lowest BCUT2D eigenvalue weighted by molar-refractivity contribution is 0.328. The van der Waals surface area contributed by atoms with Crippen LogP contribution in [0.3, 0.4) is 0 Å². The van der Waals surface area contributed by atoms with Gasteiger partial charge >= 0.3 is 0 Å². The highest BCUT2D eigenvalue weighted by Crippen LogP contribution is 2.34. The summed E-state index contributed by atoms with van der Waals surface area (Å²) in [6.07, 6.45) is 3.49. The Morgan fingerprint density at radius 2 is 2.19 bits per heavy atom. The van der Waals surface area contributed by atoms with Crippen molar-refractivity contribution in [3.8, 4) is 0 Å². The second-order valence-electron chi connectivity index (χ2n) is 5.00. The zero-order chi connectivity index (χ0) is 11.8. The largest absolute Gasteiger partial charge is 0.311 e. The SMILES string of the molecule is CCC1(c2nnc(C)n2C(C)C)CCCN1. The van der Waals surface area contributed by atoms with Crippen molar-refractivity contribution in [1.29, 1.82) is 0 Å². The molecule has 0 aromatic carbocycles. The highest BCUT2D eigenvalue weighted by molar-refractivity contribution is 5.12. The maximum absolute atomic E-state index is 4.41. The average molecular weight is 222 g/mol. The van der Waals surface area contributed by atoms with E-state index in [-0.39, 0.29) is 5.54 Å². The van der Waals surface area contributed by atoms with Gasteiger partial charge in [0.1, 0.15) is 5.82 Å². The predicted molar refractivity (Wildman–Crippen MR) is 64.3 cm³/mol. The van der Waals surface area contributed by atoms with E-state index in [1.54, 1.807) is 0 Å². The van der Waals surface area contributed by atoms with Crippen molar-refractivity contribution < 1.29 is 0 Å². The summed E-state index contributed by atoms with van der Waals surface area (Å²) in [4.78, 5) is 0. The molecule has 4 heteroatoms. The number of aromatic nitrogens is 3. The minimum Gasteiger partial charge on any atom is -0.311 e. The Morgan fingerprint density at radius 3 is 2.69 bits per heavy atom. The summed E-state index contributed by atoms with van der Waals surface area (Å²) in [6.45, 7) is 9.75. The van der Waals surface area contributed by atoms with Crippen molar-refractivity contribution in [2.24, 2.45) is 0 Å². The van der Waals surface area contributed by atoms with E-state index in [0.29, 0.717) is 6.04 Å². The van der Waals surface area contributed by atoms with Gasteiger partial charge in [0.15, 0.2) is 5.82 Å². The van der Waals surface area contributed by atoms with Gasteiger partial charge in [-0.2, -0.15) is 0 Å². The highest BCUT2D eigenvalue weighted by atomic mass is 15.3. The van der Waals surface area contributed by atoms with Gasteiger partial charge in [-0.15, -0.1) is 10.2 Å². The fraction of sp³-hybridized carbons (Fsp3) is 0.833. The van der Waals surface area contributed by atoms with Gasteiger partial charge in [-0.25, -0.2) is 0 Å². The zero-order valence-electron chi connectivity index (χ0n) is 10.7. The van der Waals surface area contributed by atoms with Crippen LogP contribution in [0.4, 0.5) is 0 Å². The van der Waals surface area contributed by atoms with Gasteiger partial charge in [-0.05, 0) is 46.6 Å². The molecule has 1 saturated heterocycles. The van der Waals surface area contributed by atoms with E-state index in [0.717, 1.165) is 24.6 Å². The third kappa shape index (κ3) is 1.65. The van der Waals surface area contributed by atoms with Gasteiger partial charge in [0.05, 0.1) is 5.54 Å². The van der Waals surface area contributed by atoms with Crippen molar-refractivity contribution >= 4 is 0 Å². The van der Waals surface area contributed by atoms with Gasteiger partial charge < -0.3 is 9.88 Å². The van der Waals surface area contributed by atoms with Crippen LogP contribution >= 0.6 is 0 Å². The van der Waals surface area contributed by atoms with E-state index in [9.17, 15) is 0 Å². The first-order valence-corrected chi connectivity index (χ1v) is 6.28. The van der Waals surface area contributed by atoms with Crippen LogP contribution in [0.15, 0.2) is 0 Å². The van der Waals surface area contributed by atoms with Crippen LogP contribution < -0.4 is 5.32 Å². The normalized spacial score (nSPS) is 25.6. The molecule has 1 atom stereocenters. The molecule has 1 unspecified atom stereocenters. The second kappa shape index (κ2) is 4.17. The average Bonchev–Trinajstić information content (AvgIpc) is 2.84. The quantitative estimate of drug-likeness (QED) is 0.852. The molecule has 4 nitrogen and oxygen atoms in total.